The maximum atomic E-state index is 12.6. The van der Waals surface area contributed by atoms with E-state index in [1.54, 1.807) is 12.1 Å². The summed E-state index contributed by atoms with van der Waals surface area (Å²) in [6.07, 6.45) is 4.40. The van der Waals surface area contributed by atoms with Crippen molar-refractivity contribution in [2.75, 3.05) is 25.5 Å². The minimum absolute atomic E-state index is 0. The highest BCUT2D eigenvalue weighted by molar-refractivity contribution is 7.89. The molecule has 3 N–H and O–H groups in total. The second-order valence-electron chi connectivity index (χ2n) is 7.60. The average Bonchev–Trinajstić information content (AvgIpc) is 3.45. The SMILES string of the molecule is COc1ccc(NC(=O)CC(C)C2CCCNC2)cc1S(=O)(=O)NC1CC1.Cl. The fourth-order valence-electron chi connectivity index (χ4n) is 3.48. The van der Waals surface area contributed by atoms with Gasteiger partial charge in [-0.2, -0.15) is 0 Å². The van der Waals surface area contributed by atoms with Crippen LogP contribution in [-0.4, -0.2) is 40.6 Å². The fraction of sp³-hybridized carbons (Fsp3) is 0.632. The van der Waals surface area contributed by atoms with Crippen LogP contribution in [0.25, 0.3) is 0 Å². The number of amides is 1. The minimum atomic E-state index is -3.67. The first kappa shape index (κ1) is 22.9. The van der Waals surface area contributed by atoms with E-state index in [9.17, 15) is 13.2 Å². The number of piperidine rings is 1. The van der Waals surface area contributed by atoms with Gasteiger partial charge in [-0.3, -0.25) is 4.79 Å². The number of halogens is 1. The molecule has 0 radical (unpaired) electrons. The first-order chi connectivity index (χ1) is 12.9. The Balaban J connectivity index is 0.00000280. The summed E-state index contributed by atoms with van der Waals surface area (Å²) in [5.74, 6) is 0.939. The summed E-state index contributed by atoms with van der Waals surface area (Å²) in [6.45, 7) is 4.10. The summed E-state index contributed by atoms with van der Waals surface area (Å²) in [5, 5.41) is 6.21. The molecule has 3 rings (SSSR count). The molecule has 2 atom stereocenters. The molecule has 0 aromatic heterocycles. The number of hydrogen-bond donors (Lipinski definition) is 3. The lowest BCUT2D eigenvalue weighted by molar-refractivity contribution is -0.117. The molecule has 28 heavy (non-hydrogen) atoms. The van der Waals surface area contributed by atoms with Crippen LogP contribution in [0.1, 0.15) is 39.0 Å². The number of sulfonamides is 1. The lowest BCUT2D eigenvalue weighted by atomic mass is 9.85. The molecule has 1 amide bonds. The Morgan fingerprint density at radius 3 is 2.68 bits per heavy atom. The molecular formula is C19H30ClN3O4S. The van der Waals surface area contributed by atoms with Gasteiger partial charge >= 0.3 is 0 Å². The fourth-order valence-corrected chi connectivity index (χ4v) is 4.98. The van der Waals surface area contributed by atoms with E-state index in [1.807, 2.05) is 0 Å². The number of carbonyl (C=O) groups is 1. The van der Waals surface area contributed by atoms with Crippen LogP contribution in [0.4, 0.5) is 5.69 Å². The van der Waals surface area contributed by atoms with Crippen LogP contribution in [0.15, 0.2) is 23.1 Å². The van der Waals surface area contributed by atoms with E-state index >= 15 is 0 Å². The van der Waals surface area contributed by atoms with Crippen molar-refractivity contribution < 1.29 is 17.9 Å². The number of hydrogen-bond acceptors (Lipinski definition) is 5. The Bertz CT molecular complexity index is 777. The average molecular weight is 432 g/mol. The molecule has 7 nitrogen and oxygen atoms in total. The highest BCUT2D eigenvalue weighted by Crippen LogP contribution is 2.30. The molecule has 2 aliphatic rings. The standard InChI is InChI=1S/C19H29N3O4S.ClH/c1-13(14-4-3-9-20-12-14)10-19(23)21-16-7-8-17(26-2)18(11-16)27(24,25)22-15-5-6-15;/h7-8,11,13-15,20,22H,3-6,9-10,12H2,1-2H3,(H,21,23);1H. The van der Waals surface area contributed by atoms with Crippen LogP contribution in [0.2, 0.25) is 0 Å². The summed E-state index contributed by atoms with van der Waals surface area (Å²) in [6, 6.07) is 4.71. The van der Waals surface area contributed by atoms with E-state index in [4.69, 9.17) is 4.74 Å². The smallest absolute Gasteiger partial charge is 0.244 e. The molecule has 2 unspecified atom stereocenters. The number of anilines is 1. The van der Waals surface area contributed by atoms with Crippen molar-refractivity contribution in [3.05, 3.63) is 18.2 Å². The number of nitrogens with one attached hydrogen (secondary N) is 3. The van der Waals surface area contributed by atoms with Gasteiger partial charge < -0.3 is 15.4 Å². The number of ether oxygens (including phenoxy) is 1. The lowest BCUT2D eigenvalue weighted by Crippen LogP contribution is -2.34. The van der Waals surface area contributed by atoms with Crippen LogP contribution in [-0.2, 0) is 14.8 Å². The number of carbonyl (C=O) groups excluding carboxylic acids is 1. The monoisotopic (exact) mass is 431 g/mol. The van der Waals surface area contributed by atoms with Gasteiger partial charge in [-0.25, -0.2) is 13.1 Å². The Kier molecular flexibility index (Phi) is 8.12. The normalized spacial score (nSPS) is 20.7. The molecule has 158 valence electrons. The molecule has 1 saturated carbocycles. The lowest BCUT2D eigenvalue weighted by Gasteiger charge is -2.28. The van der Waals surface area contributed by atoms with Gasteiger partial charge in [0, 0.05) is 18.2 Å². The van der Waals surface area contributed by atoms with Crippen molar-refractivity contribution in [1.29, 1.82) is 0 Å². The van der Waals surface area contributed by atoms with E-state index in [1.165, 1.54) is 13.2 Å². The highest BCUT2D eigenvalue weighted by atomic mass is 35.5. The molecule has 1 saturated heterocycles. The zero-order valence-electron chi connectivity index (χ0n) is 16.4. The summed E-state index contributed by atoms with van der Waals surface area (Å²) >= 11 is 0. The van der Waals surface area contributed by atoms with Gasteiger partial charge in [0.15, 0.2) is 0 Å². The second-order valence-corrected chi connectivity index (χ2v) is 9.28. The van der Waals surface area contributed by atoms with Crippen molar-refractivity contribution in [3.8, 4) is 5.75 Å². The van der Waals surface area contributed by atoms with Crippen LogP contribution in [0.5, 0.6) is 5.75 Å². The first-order valence-corrected chi connectivity index (χ1v) is 11.1. The molecule has 1 heterocycles. The number of methoxy groups -OCH3 is 1. The largest absolute Gasteiger partial charge is 0.495 e. The Hall–Kier alpha value is -1.35. The van der Waals surface area contributed by atoms with Crippen LogP contribution < -0.4 is 20.1 Å². The molecule has 1 aromatic rings. The zero-order chi connectivity index (χ0) is 19.4. The third-order valence-corrected chi connectivity index (χ3v) is 6.82. The Morgan fingerprint density at radius 1 is 1.32 bits per heavy atom. The predicted molar refractivity (Wildman–Crippen MR) is 112 cm³/mol. The van der Waals surface area contributed by atoms with E-state index in [2.05, 4.69) is 22.3 Å². The van der Waals surface area contributed by atoms with Crippen LogP contribution >= 0.6 is 12.4 Å². The van der Waals surface area contributed by atoms with Crippen LogP contribution in [0.3, 0.4) is 0 Å². The van der Waals surface area contributed by atoms with Gasteiger partial charge in [-0.05, 0) is 68.8 Å². The molecule has 0 spiro atoms. The summed E-state index contributed by atoms with van der Waals surface area (Å²) < 4.78 is 33.0. The molecule has 1 aliphatic heterocycles. The van der Waals surface area contributed by atoms with Gasteiger partial charge in [-0.1, -0.05) is 6.92 Å². The molecule has 0 bridgehead atoms. The zero-order valence-corrected chi connectivity index (χ0v) is 18.0. The van der Waals surface area contributed by atoms with E-state index < -0.39 is 10.0 Å². The van der Waals surface area contributed by atoms with Gasteiger partial charge in [0.1, 0.15) is 10.6 Å². The number of benzene rings is 1. The Morgan fingerprint density at radius 2 is 2.07 bits per heavy atom. The molecule has 1 aromatic carbocycles. The van der Waals surface area contributed by atoms with Crippen LogP contribution in [0, 0.1) is 11.8 Å². The van der Waals surface area contributed by atoms with Crippen molar-refractivity contribution in [2.45, 2.75) is 50.0 Å². The van der Waals surface area contributed by atoms with E-state index in [0.717, 1.165) is 38.8 Å². The maximum absolute atomic E-state index is 12.6. The van der Waals surface area contributed by atoms with Gasteiger partial charge in [-0.15, -0.1) is 12.4 Å². The van der Waals surface area contributed by atoms with Gasteiger partial charge in [0.25, 0.3) is 0 Å². The molecule has 1 aliphatic carbocycles. The van der Waals surface area contributed by atoms with Gasteiger partial charge in [0.2, 0.25) is 15.9 Å². The van der Waals surface area contributed by atoms with Crippen molar-refractivity contribution >= 4 is 34.0 Å². The molecule has 9 heteroatoms. The minimum Gasteiger partial charge on any atom is -0.495 e. The summed E-state index contributed by atoms with van der Waals surface area (Å²) in [4.78, 5) is 12.5. The van der Waals surface area contributed by atoms with E-state index in [0.29, 0.717) is 18.0 Å². The molecular weight excluding hydrogens is 402 g/mol. The third kappa shape index (κ3) is 6.07. The summed E-state index contributed by atoms with van der Waals surface area (Å²) in [5.41, 5.74) is 0.464. The van der Waals surface area contributed by atoms with Crippen molar-refractivity contribution in [3.63, 3.8) is 0 Å². The van der Waals surface area contributed by atoms with E-state index in [-0.39, 0.29) is 40.9 Å². The Labute approximate surface area is 173 Å². The summed E-state index contributed by atoms with van der Waals surface area (Å²) in [7, 11) is -2.24. The predicted octanol–water partition coefficient (Wildman–Crippen LogP) is 2.52. The molecule has 2 fully saturated rings. The van der Waals surface area contributed by atoms with Crippen molar-refractivity contribution in [2.24, 2.45) is 11.8 Å². The van der Waals surface area contributed by atoms with Gasteiger partial charge in [0.05, 0.1) is 7.11 Å². The number of rotatable bonds is 8. The highest BCUT2D eigenvalue weighted by Gasteiger charge is 2.30. The second kappa shape index (κ2) is 9.91. The van der Waals surface area contributed by atoms with Crippen molar-refractivity contribution in [1.82, 2.24) is 10.0 Å². The third-order valence-electron chi connectivity index (χ3n) is 5.28. The maximum Gasteiger partial charge on any atom is 0.244 e. The quantitative estimate of drug-likeness (QED) is 0.587. The topological polar surface area (TPSA) is 96.5 Å². The first-order valence-electron chi connectivity index (χ1n) is 9.60.